The molecule has 0 aliphatic rings. The van der Waals surface area contributed by atoms with Crippen LogP contribution < -0.4 is 9.47 Å². The van der Waals surface area contributed by atoms with Crippen molar-refractivity contribution < 1.29 is 13.9 Å². The summed E-state index contributed by atoms with van der Waals surface area (Å²) in [5.74, 6) is 0.197. The molecule has 5 heteroatoms. The molecule has 0 atom stereocenters. The Kier molecular flexibility index (Phi) is 3.99. The summed E-state index contributed by atoms with van der Waals surface area (Å²) < 4.78 is 23.8. The van der Waals surface area contributed by atoms with Crippen molar-refractivity contribution in [3.8, 4) is 11.5 Å². The van der Waals surface area contributed by atoms with Gasteiger partial charge in [-0.05, 0) is 23.8 Å². The molecule has 0 radical (unpaired) electrons. The highest BCUT2D eigenvalue weighted by atomic mass is 35.5. The first kappa shape index (κ1) is 12.6. The SMILES string of the molecule is COc1ccc(COc2c(F)ccnc2Cl)cc1. The van der Waals surface area contributed by atoms with Gasteiger partial charge in [0.15, 0.2) is 16.7 Å². The molecule has 0 unspecified atom stereocenters. The van der Waals surface area contributed by atoms with Crippen LogP contribution in [0.5, 0.6) is 11.5 Å². The number of hydrogen-bond donors (Lipinski definition) is 0. The predicted octanol–water partition coefficient (Wildman–Crippen LogP) is 3.46. The van der Waals surface area contributed by atoms with E-state index in [0.29, 0.717) is 0 Å². The van der Waals surface area contributed by atoms with Crippen molar-refractivity contribution >= 4 is 11.6 Å². The monoisotopic (exact) mass is 267 g/mol. The summed E-state index contributed by atoms with van der Waals surface area (Å²) in [6, 6.07) is 8.48. The highest BCUT2D eigenvalue weighted by Gasteiger charge is 2.09. The Hall–Kier alpha value is -1.81. The second kappa shape index (κ2) is 5.69. The van der Waals surface area contributed by atoms with Crippen molar-refractivity contribution in [3.63, 3.8) is 0 Å². The van der Waals surface area contributed by atoms with Crippen LogP contribution in [0.2, 0.25) is 5.15 Å². The third-order valence-corrected chi connectivity index (χ3v) is 2.62. The van der Waals surface area contributed by atoms with Crippen LogP contribution in [0.25, 0.3) is 0 Å². The minimum Gasteiger partial charge on any atom is -0.497 e. The fraction of sp³-hybridized carbons (Fsp3) is 0.154. The zero-order chi connectivity index (χ0) is 13.0. The van der Waals surface area contributed by atoms with E-state index in [9.17, 15) is 4.39 Å². The molecule has 1 heterocycles. The smallest absolute Gasteiger partial charge is 0.192 e. The lowest BCUT2D eigenvalue weighted by Gasteiger charge is -2.08. The van der Waals surface area contributed by atoms with Gasteiger partial charge in [0, 0.05) is 6.20 Å². The number of halogens is 2. The largest absolute Gasteiger partial charge is 0.497 e. The van der Waals surface area contributed by atoms with Crippen LogP contribution in [0.3, 0.4) is 0 Å². The fourth-order valence-electron chi connectivity index (χ4n) is 1.41. The van der Waals surface area contributed by atoms with Gasteiger partial charge in [-0.1, -0.05) is 23.7 Å². The van der Waals surface area contributed by atoms with Gasteiger partial charge in [0.1, 0.15) is 12.4 Å². The Balaban J connectivity index is 2.06. The first-order valence-corrected chi connectivity index (χ1v) is 5.64. The van der Waals surface area contributed by atoms with Gasteiger partial charge in [-0.2, -0.15) is 0 Å². The van der Waals surface area contributed by atoms with Crippen LogP contribution in [0.4, 0.5) is 4.39 Å². The highest BCUT2D eigenvalue weighted by molar-refractivity contribution is 6.30. The molecule has 0 saturated carbocycles. The number of methoxy groups -OCH3 is 1. The zero-order valence-corrected chi connectivity index (χ0v) is 10.4. The number of hydrogen-bond acceptors (Lipinski definition) is 3. The van der Waals surface area contributed by atoms with Gasteiger partial charge in [0.05, 0.1) is 7.11 Å². The Morgan fingerprint density at radius 2 is 1.94 bits per heavy atom. The van der Waals surface area contributed by atoms with Crippen molar-refractivity contribution in [2.75, 3.05) is 7.11 Å². The van der Waals surface area contributed by atoms with Gasteiger partial charge in [-0.15, -0.1) is 0 Å². The minimum absolute atomic E-state index is 0.0171. The van der Waals surface area contributed by atoms with E-state index in [1.54, 1.807) is 19.2 Å². The molecule has 18 heavy (non-hydrogen) atoms. The summed E-state index contributed by atoms with van der Waals surface area (Å²) in [7, 11) is 1.59. The highest BCUT2D eigenvalue weighted by Crippen LogP contribution is 2.25. The summed E-state index contributed by atoms with van der Waals surface area (Å²) in [4.78, 5) is 3.76. The molecule has 3 nitrogen and oxygen atoms in total. The van der Waals surface area contributed by atoms with Gasteiger partial charge < -0.3 is 9.47 Å². The molecule has 2 aromatic rings. The number of ether oxygens (including phenoxy) is 2. The van der Waals surface area contributed by atoms with Crippen LogP contribution in [0.1, 0.15) is 5.56 Å². The van der Waals surface area contributed by atoms with Crippen molar-refractivity contribution in [2.45, 2.75) is 6.61 Å². The standard InChI is InChI=1S/C13H11ClFNO2/c1-17-10-4-2-9(3-5-10)8-18-12-11(15)6-7-16-13(12)14/h2-7H,8H2,1H3. The third-order valence-electron chi connectivity index (χ3n) is 2.36. The summed E-state index contributed by atoms with van der Waals surface area (Å²) in [6.45, 7) is 0.215. The summed E-state index contributed by atoms with van der Waals surface area (Å²) >= 11 is 5.75. The number of pyridine rings is 1. The van der Waals surface area contributed by atoms with Crippen LogP contribution in [0.15, 0.2) is 36.5 Å². The number of nitrogens with zero attached hydrogens (tertiary/aromatic N) is 1. The van der Waals surface area contributed by atoms with Gasteiger partial charge in [0.25, 0.3) is 0 Å². The zero-order valence-electron chi connectivity index (χ0n) is 9.69. The first-order valence-electron chi connectivity index (χ1n) is 5.26. The number of benzene rings is 1. The van der Waals surface area contributed by atoms with Gasteiger partial charge in [0.2, 0.25) is 0 Å². The molecular weight excluding hydrogens is 257 g/mol. The first-order chi connectivity index (χ1) is 8.70. The van der Waals surface area contributed by atoms with E-state index in [1.165, 1.54) is 12.3 Å². The van der Waals surface area contributed by atoms with E-state index in [1.807, 2.05) is 12.1 Å². The molecule has 0 N–H and O–H groups in total. The molecule has 94 valence electrons. The third kappa shape index (κ3) is 2.90. The van der Waals surface area contributed by atoms with E-state index in [4.69, 9.17) is 21.1 Å². The summed E-state index contributed by atoms with van der Waals surface area (Å²) in [5, 5.41) is 0.0171. The minimum atomic E-state index is -0.525. The number of aromatic nitrogens is 1. The lowest BCUT2D eigenvalue weighted by Crippen LogP contribution is -1.99. The quantitative estimate of drug-likeness (QED) is 0.795. The maximum atomic E-state index is 13.4. The average Bonchev–Trinajstić information content (AvgIpc) is 2.39. The van der Waals surface area contributed by atoms with E-state index in [-0.39, 0.29) is 17.5 Å². The lowest BCUT2D eigenvalue weighted by atomic mass is 10.2. The molecule has 0 fully saturated rings. The topological polar surface area (TPSA) is 31.4 Å². The summed E-state index contributed by atoms with van der Waals surface area (Å²) in [5.41, 5.74) is 0.884. The predicted molar refractivity (Wildman–Crippen MR) is 66.5 cm³/mol. The Morgan fingerprint density at radius 3 is 2.56 bits per heavy atom. The van der Waals surface area contributed by atoms with Crippen molar-refractivity contribution in [2.24, 2.45) is 0 Å². The van der Waals surface area contributed by atoms with E-state index in [0.717, 1.165) is 11.3 Å². The van der Waals surface area contributed by atoms with E-state index in [2.05, 4.69) is 4.98 Å². The molecule has 1 aromatic carbocycles. The van der Waals surface area contributed by atoms with Crippen LogP contribution in [0, 0.1) is 5.82 Å². The summed E-state index contributed by atoms with van der Waals surface area (Å²) in [6.07, 6.45) is 1.29. The van der Waals surface area contributed by atoms with Gasteiger partial charge in [-0.3, -0.25) is 0 Å². The molecular formula is C13H11ClFNO2. The number of rotatable bonds is 4. The normalized spacial score (nSPS) is 10.2. The maximum absolute atomic E-state index is 13.4. The Morgan fingerprint density at radius 1 is 1.22 bits per heavy atom. The molecule has 0 saturated heterocycles. The fourth-order valence-corrected chi connectivity index (χ4v) is 1.61. The second-order valence-corrected chi connectivity index (χ2v) is 3.91. The molecule has 0 aliphatic heterocycles. The molecule has 0 amide bonds. The molecule has 0 aliphatic carbocycles. The van der Waals surface area contributed by atoms with Crippen molar-refractivity contribution in [1.29, 1.82) is 0 Å². The van der Waals surface area contributed by atoms with Gasteiger partial charge in [-0.25, -0.2) is 9.37 Å². The molecule has 0 bridgehead atoms. The molecule has 2 rings (SSSR count). The van der Waals surface area contributed by atoms with Crippen LogP contribution in [-0.2, 0) is 6.61 Å². The van der Waals surface area contributed by atoms with Crippen LogP contribution >= 0.6 is 11.6 Å². The average molecular weight is 268 g/mol. The van der Waals surface area contributed by atoms with Crippen LogP contribution in [-0.4, -0.2) is 12.1 Å². The Bertz CT molecular complexity index is 511. The van der Waals surface area contributed by atoms with E-state index >= 15 is 0 Å². The second-order valence-electron chi connectivity index (χ2n) is 3.55. The van der Waals surface area contributed by atoms with Gasteiger partial charge >= 0.3 is 0 Å². The maximum Gasteiger partial charge on any atom is 0.192 e. The lowest BCUT2D eigenvalue weighted by molar-refractivity contribution is 0.289. The van der Waals surface area contributed by atoms with Crippen molar-refractivity contribution in [3.05, 3.63) is 53.1 Å². The molecule has 1 aromatic heterocycles. The van der Waals surface area contributed by atoms with E-state index < -0.39 is 5.82 Å². The van der Waals surface area contributed by atoms with Crippen molar-refractivity contribution in [1.82, 2.24) is 4.98 Å². The Labute approximate surface area is 109 Å². The molecule has 0 spiro atoms.